The maximum atomic E-state index is 11.8. The van der Waals surface area contributed by atoms with Crippen LogP contribution >= 0.6 is 0 Å². The number of amides is 1. The van der Waals surface area contributed by atoms with Gasteiger partial charge in [0.15, 0.2) is 0 Å². The molecule has 0 spiro atoms. The minimum atomic E-state index is 0.209. The summed E-state index contributed by atoms with van der Waals surface area (Å²) >= 11 is 0. The molecule has 1 aromatic rings. The molecule has 0 saturated heterocycles. The second-order valence-electron chi connectivity index (χ2n) is 4.92. The molecule has 0 unspecified atom stereocenters. The first-order valence-electron chi connectivity index (χ1n) is 6.02. The number of rotatable bonds is 4. The van der Waals surface area contributed by atoms with Gasteiger partial charge in [-0.1, -0.05) is 0 Å². The van der Waals surface area contributed by atoms with Crippen LogP contribution in [0.25, 0.3) is 0 Å². The Morgan fingerprint density at radius 2 is 2.12 bits per heavy atom. The van der Waals surface area contributed by atoms with Crippen molar-refractivity contribution in [2.75, 3.05) is 6.54 Å². The average Bonchev–Trinajstić information content (AvgIpc) is 3.19. The predicted octanol–water partition coefficient (Wildman–Crippen LogP) is 1.71. The average molecular weight is 216 g/mol. The van der Waals surface area contributed by atoms with Crippen LogP contribution in [0.3, 0.4) is 0 Å². The first kappa shape index (κ1) is 9.82. The molecule has 1 N–H and O–H groups in total. The fourth-order valence-electron chi connectivity index (χ4n) is 2.16. The van der Waals surface area contributed by atoms with E-state index in [0.29, 0.717) is 5.92 Å². The minimum absolute atomic E-state index is 0.209. The maximum absolute atomic E-state index is 11.8. The summed E-state index contributed by atoms with van der Waals surface area (Å²) in [5.41, 5.74) is 1.25. The highest BCUT2D eigenvalue weighted by atomic mass is 16.2. The van der Waals surface area contributed by atoms with E-state index in [-0.39, 0.29) is 11.8 Å². The number of hydrogen-bond donors (Lipinski definition) is 1. The van der Waals surface area contributed by atoms with Crippen LogP contribution in [0, 0.1) is 11.8 Å². The van der Waals surface area contributed by atoms with Crippen molar-refractivity contribution in [3.05, 3.63) is 30.1 Å². The normalized spacial score (nSPS) is 27.5. The molecule has 3 heteroatoms. The Labute approximate surface area is 95.3 Å². The molecule has 1 aromatic heterocycles. The van der Waals surface area contributed by atoms with Gasteiger partial charge in [-0.2, -0.15) is 0 Å². The minimum Gasteiger partial charge on any atom is -0.356 e. The molecular weight excluding hydrogens is 200 g/mol. The zero-order chi connectivity index (χ0) is 11.0. The highest BCUT2D eigenvalue weighted by Gasteiger charge is 2.43. The summed E-state index contributed by atoms with van der Waals surface area (Å²) in [6.45, 7) is 0.887. The van der Waals surface area contributed by atoms with Crippen molar-refractivity contribution in [2.24, 2.45) is 11.8 Å². The number of nitrogens with one attached hydrogen (secondary N) is 1. The summed E-state index contributed by atoms with van der Waals surface area (Å²) in [6.07, 6.45) is 7.18. The number of nitrogens with zero attached hydrogens (tertiary/aromatic N) is 1. The SMILES string of the molecule is O=C(NCC1CC1)[C@H]1C[C@H]1c1ccncc1. The third-order valence-electron chi connectivity index (χ3n) is 3.52. The summed E-state index contributed by atoms with van der Waals surface area (Å²) in [4.78, 5) is 15.8. The van der Waals surface area contributed by atoms with Gasteiger partial charge in [-0.05, 0) is 48.8 Å². The molecule has 2 aliphatic carbocycles. The van der Waals surface area contributed by atoms with Crippen LogP contribution in [0.5, 0.6) is 0 Å². The summed E-state index contributed by atoms with van der Waals surface area (Å²) in [6, 6.07) is 4.03. The van der Waals surface area contributed by atoms with Gasteiger partial charge in [0.2, 0.25) is 5.91 Å². The van der Waals surface area contributed by atoms with Crippen molar-refractivity contribution >= 4 is 5.91 Å². The molecule has 3 nitrogen and oxygen atoms in total. The molecule has 16 heavy (non-hydrogen) atoms. The Morgan fingerprint density at radius 1 is 1.38 bits per heavy atom. The van der Waals surface area contributed by atoms with Gasteiger partial charge < -0.3 is 5.32 Å². The van der Waals surface area contributed by atoms with Crippen LogP contribution in [-0.4, -0.2) is 17.4 Å². The molecule has 2 fully saturated rings. The Balaban J connectivity index is 1.52. The van der Waals surface area contributed by atoms with Crippen molar-refractivity contribution in [2.45, 2.75) is 25.2 Å². The Hall–Kier alpha value is -1.38. The Kier molecular flexibility index (Phi) is 2.39. The molecule has 0 bridgehead atoms. The third-order valence-corrected chi connectivity index (χ3v) is 3.52. The van der Waals surface area contributed by atoms with E-state index in [1.165, 1.54) is 18.4 Å². The van der Waals surface area contributed by atoms with E-state index >= 15 is 0 Å². The summed E-state index contributed by atoms with van der Waals surface area (Å²) in [5, 5.41) is 3.05. The summed E-state index contributed by atoms with van der Waals surface area (Å²) in [7, 11) is 0. The first-order valence-corrected chi connectivity index (χ1v) is 6.02. The van der Waals surface area contributed by atoms with E-state index in [9.17, 15) is 4.79 Å². The number of carbonyl (C=O) groups excluding carboxylic acids is 1. The standard InChI is InChI=1S/C13H16N2O/c16-13(15-8-9-1-2-9)12-7-11(12)10-3-5-14-6-4-10/h3-6,9,11-12H,1-2,7-8H2,(H,15,16)/t11-,12-/m0/s1. The second kappa shape index (κ2) is 3.89. The van der Waals surface area contributed by atoms with Crippen LogP contribution < -0.4 is 5.32 Å². The fourth-order valence-corrected chi connectivity index (χ4v) is 2.16. The number of pyridine rings is 1. The first-order chi connectivity index (χ1) is 7.84. The Bertz CT molecular complexity index is 386. The highest BCUT2D eigenvalue weighted by molar-refractivity contribution is 5.82. The van der Waals surface area contributed by atoms with Crippen LogP contribution in [-0.2, 0) is 4.79 Å². The molecule has 2 saturated carbocycles. The van der Waals surface area contributed by atoms with E-state index in [0.717, 1.165) is 18.9 Å². The fraction of sp³-hybridized carbons (Fsp3) is 0.538. The molecule has 0 aromatic carbocycles. The molecule has 0 aliphatic heterocycles. The van der Waals surface area contributed by atoms with E-state index in [1.807, 2.05) is 12.1 Å². The van der Waals surface area contributed by atoms with Gasteiger partial charge in [0.25, 0.3) is 0 Å². The zero-order valence-corrected chi connectivity index (χ0v) is 9.23. The highest BCUT2D eigenvalue weighted by Crippen LogP contribution is 2.47. The lowest BCUT2D eigenvalue weighted by molar-refractivity contribution is -0.122. The number of hydrogen-bond acceptors (Lipinski definition) is 2. The van der Waals surface area contributed by atoms with Crippen LogP contribution in [0.15, 0.2) is 24.5 Å². The molecule has 84 valence electrons. The molecule has 3 rings (SSSR count). The molecule has 2 atom stereocenters. The zero-order valence-electron chi connectivity index (χ0n) is 9.23. The van der Waals surface area contributed by atoms with Gasteiger partial charge in [-0.25, -0.2) is 0 Å². The van der Waals surface area contributed by atoms with Gasteiger partial charge in [0.1, 0.15) is 0 Å². The van der Waals surface area contributed by atoms with Crippen molar-refractivity contribution in [3.63, 3.8) is 0 Å². The van der Waals surface area contributed by atoms with Crippen molar-refractivity contribution in [1.82, 2.24) is 10.3 Å². The van der Waals surface area contributed by atoms with Crippen LogP contribution in [0.1, 0.15) is 30.7 Å². The lowest BCUT2D eigenvalue weighted by Gasteiger charge is -2.03. The van der Waals surface area contributed by atoms with Gasteiger partial charge in [-0.15, -0.1) is 0 Å². The van der Waals surface area contributed by atoms with Gasteiger partial charge in [-0.3, -0.25) is 9.78 Å². The molecule has 1 amide bonds. The molecular formula is C13H16N2O. The lowest BCUT2D eigenvalue weighted by Crippen LogP contribution is -2.27. The number of aromatic nitrogens is 1. The second-order valence-corrected chi connectivity index (χ2v) is 4.92. The molecule has 2 aliphatic rings. The van der Waals surface area contributed by atoms with E-state index < -0.39 is 0 Å². The van der Waals surface area contributed by atoms with Crippen LogP contribution in [0.4, 0.5) is 0 Å². The maximum Gasteiger partial charge on any atom is 0.223 e. The third kappa shape index (κ3) is 2.08. The van der Waals surface area contributed by atoms with Crippen molar-refractivity contribution in [3.8, 4) is 0 Å². The number of carbonyl (C=O) groups is 1. The monoisotopic (exact) mass is 216 g/mol. The lowest BCUT2D eigenvalue weighted by atomic mass is 10.1. The van der Waals surface area contributed by atoms with Crippen molar-refractivity contribution < 1.29 is 4.79 Å². The summed E-state index contributed by atoms with van der Waals surface area (Å²) < 4.78 is 0. The van der Waals surface area contributed by atoms with Crippen LogP contribution in [0.2, 0.25) is 0 Å². The van der Waals surface area contributed by atoms with Crippen molar-refractivity contribution in [1.29, 1.82) is 0 Å². The Morgan fingerprint density at radius 3 is 2.81 bits per heavy atom. The van der Waals surface area contributed by atoms with E-state index in [2.05, 4.69) is 10.3 Å². The van der Waals surface area contributed by atoms with E-state index in [1.54, 1.807) is 12.4 Å². The van der Waals surface area contributed by atoms with Gasteiger partial charge >= 0.3 is 0 Å². The van der Waals surface area contributed by atoms with E-state index in [4.69, 9.17) is 0 Å². The smallest absolute Gasteiger partial charge is 0.223 e. The topological polar surface area (TPSA) is 42.0 Å². The quantitative estimate of drug-likeness (QED) is 0.832. The largest absolute Gasteiger partial charge is 0.356 e. The van der Waals surface area contributed by atoms with Gasteiger partial charge in [0, 0.05) is 24.9 Å². The molecule has 0 radical (unpaired) electrons. The molecule has 1 heterocycles. The predicted molar refractivity (Wildman–Crippen MR) is 60.8 cm³/mol. The van der Waals surface area contributed by atoms with Gasteiger partial charge in [0.05, 0.1) is 0 Å². The summed E-state index contributed by atoms with van der Waals surface area (Å²) in [5.74, 6) is 1.65.